The maximum Gasteiger partial charge on any atom is 0.256 e. The van der Waals surface area contributed by atoms with Crippen LogP contribution in [0.5, 0.6) is 0 Å². The molecule has 0 radical (unpaired) electrons. The van der Waals surface area contributed by atoms with Crippen molar-refractivity contribution in [2.24, 2.45) is 11.8 Å². The monoisotopic (exact) mass is 463 g/mol. The lowest BCUT2D eigenvalue weighted by atomic mass is 9.64. The summed E-state index contributed by atoms with van der Waals surface area (Å²) in [7, 11) is 0. The van der Waals surface area contributed by atoms with Crippen LogP contribution in [-0.4, -0.2) is 54.4 Å². The third-order valence-corrected chi connectivity index (χ3v) is 7.87. The third kappa shape index (κ3) is 3.45. The highest BCUT2D eigenvalue weighted by atomic mass is 32.1. The van der Waals surface area contributed by atoms with Crippen molar-refractivity contribution in [2.45, 2.75) is 31.8 Å². The molecule has 168 valence electrons. The lowest BCUT2D eigenvalue weighted by Gasteiger charge is -2.57. The molecular weight excluding hydrogens is 441 g/mol. The number of carbonyl (C=O) groups is 1. The molecule has 2 atom stereocenters. The van der Waals surface area contributed by atoms with Crippen LogP contribution in [0, 0.1) is 17.7 Å². The second kappa shape index (κ2) is 7.87. The number of anilines is 1. The minimum Gasteiger partial charge on any atom is -0.359 e. The topological polar surface area (TPSA) is 88.8 Å². The van der Waals surface area contributed by atoms with Crippen molar-refractivity contribution in [3.63, 3.8) is 0 Å². The first-order valence-electron chi connectivity index (χ1n) is 11.0. The maximum atomic E-state index is 14.2. The van der Waals surface area contributed by atoms with Crippen LogP contribution in [0.3, 0.4) is 0 Å². The van der Waals surface area contributed by atoms with Gasteiger partial charge in [0.2, 0.25) is 0 Å². The zero-order chi connectivity index (χ0) is 22.5. The van der Waals surface area contributed by atoms with Gasteiger partial charge in [-0.25, -0.2) is 14.4 Å². The van der Waals surface area contributed by atoms with E-state index in [2.05, 4.69) is 32.4 Å². The number of rotatable bonds is 5. The van der Waals surface area contributed by atoms with Gasteiger partial charge in [-0.05, 0) is 55.0 Å². The first kappa shape index (κ1) is 20.2. The number of pyridine rings is 1. The summed E-state index contributed by atoms with van der Waals surface area (Å²) in [5.74, 6) is 0.276. The SMILES string of the molecule is C[C@@H]1C2CC(C2)N(C(=O)c2cc(F)ccc2-n2nccn2)C1CNc1nc2cccnc2s1. The smallest absolute Gasteiger partial charge is 0.256 e. The van der Waals surface area contributed by atoms with Crippen molar-refractivity contribution >= 4 is 32.7 Å². The van der Waals surface area contributed by atoms with Gasteiger partial charge in [0.1, 0.15) is 16.2 Å². The third-order valence-electron chi connectivity index (χ3n) is 6.94. The van der Waals surface area contributed by atoms with Crippen LogP contribution in [0.15, 0.2) is 48.9 Å². The first-order valence-corrected chi connectivity index (χ1v) is 11.8. The highest BCUT2D eigenvalue weighted by Crippen LogP contribution is 2.47. The number of carbonyl (C=O) groups excluding carboxylic acids is 1. The lowest BCUT2D eigenvalue weighted by Crippen LogP contribution is -2.64. The second-order valence-electron chi connectivity index (χ2n) is 8.73. The zero-order valence-corrected chi connectivity index (χ0v) is 18.7. The minimum atomic E-state index is -0.456. The van der Waals surface area contributed by atoms with Crippen LogP contribution in [0.2, 0.25) is 0 Å². The van der Waals surface area contributed by atoms with Gasteiger partial charge in [0.15, 0.2) is 5.13 Å². The Morgan fingerprint density at radius 3 is 2.82 bits per heavy atom. The van der Waals surface area contributed by atoms with E-state index in [0.717, 1.165) is 28.3 Å². The summed E-state index contributed by atoms with van der Waals surface area (Å²) in [6.07, 6.45) is 6.80. The summed E-state index contributed by atoms with van der Waals surface area (Å²) in [6, 6.07) is 8.11. The van der Waals surface area contributed by atoms with E-state index in [0.29, 0.717) is 24.1 Å². The van der Waals surface area contributed by atoms with E-state index in [9.17, 15) is 9.18 Å². The molecule has 1 amide bonds. The van der Waals surface area contributed by atoms with Gasteiger partial charge < -0.3 is 10.2 Å². The Kier molecular flexibility index (Phi) is 4.83. The summed E-state index contributed by atoms with van der Waals surface area (Å²) in [5.41, 5.74) is 1.61. The molecule has 1 unspecified atom stereocenters. The molecule has 1 aromatic carbocycles. The van der Waals surface area contributed by atoms with Gasteiger partial charge in [-0.3, -0.25) is 4.79 Å². The van der Waals surface area contributed by atoms with E-state index < -0.39 is 5.82 Å². The molecule has 1 saturated carbocycles. The van der Waals surface area contributed by atoms with Gasteiger partial charge in [-0.1, -0.05) is 18.3 Å². The maximum absolute atomic E-state index is 14.2. The molecule has 4 aromatic rings. The lowest BCUT2D eigenvalue weighted by molar-refractivity contribution is -0.0502. The summed E-state index contributed by atoms with van der Waals surface area (Å²) in [5, 5.41) is 12.5. The van der Waals surface area contributed by atoms with Crippen LogP contribution in [0.25, 0.3) is 16.0 Å². The zero-order valence-electron chi connectivity index (χ0n) is 17.9. The number of nitrogens with one attached hydrogen (secondary N) is 1. The van der Waals surface area contributed by atoms with Gasteiger partial charge in [-0.15, -0.1) is 0 Å². The highest BCUT2D eigenvalue weighted by molar-refractivity contribution is 7.21. The fourth-order valence-corrected chi connectivity index (χ4v) is 5.91. The molecule has 3 aliphatic rings. The number of nitrogens with zero attached hydrogens (tertiary/aromatic N) is 6. The minimum absolute atomic E-state index is 0.0309. The predicted molar refractivity (Wildman–Crippen MR) is 123 cm³/mol. The molecule has 2 bridgehead atoms. The van der Waals surface area contributed by atoms with Crippen molar-refractivity contribution in [2.75, 3.05) is 11.9 Å². The molecule has 33 heavy (non-hydrogen) atoms. The van der Waals surface area contributed by atoms with Crippen LogP contribution >= 0.6 is 11.3 Å². The summed E-state index contributed by atoms with van der Waals surface area (Å²) >= 11 is 1.50. The second-order valence-corrected chi connectivity index (χ2v) is 9.71. The van der Waals surface area contributed by atoms with E-state index in [4.69, 9.17) is 0 Å². The van der Waals surface area contributed by atoms with E-state index in [1.165, 1.54) is 40.7 Å². The molecule has 1 aliphatic carbocycles. The number of piperidine rings is 2. The van der Waals surface area contributed by atoms with E-state index in [1.54, 1.807) is 12.3 Å². The Bertz CT molecular complexity index is 1280. The summed E-state index contributed by atoms with van der Waals surface area (Å²) in [6.45, 7) is 2.78. The molecule has 3 aromatic heterocycles. The van der Waals surface area contributed by atoms with Crippen molar-refractivity contribution in [1.82, 2.24) is 29.9 Å². The van der Waals surface area contributed by atoms with Crippen molar-refractivity contribution in [1.29, 1.82) is 0 Å². The number of benzene rings is 1. The molecule has 2 aliphatic heterocycles. The molecule has 0 spiro atoms. The average molecular weight is 464 g/mol. The van der Waals surface area contributed by atoms with Crippen molar-refractivity contribution in [3.05, 3.63) is 60.3 Å². The van der Waals surface area contributed by atoms with Gasteiger partial charge in [-0.2, -0.15) is 15.0 Å². The van der Waals surface area contributed by atoms with Gasteiger partial charge >= 0.3 is 0 Å². The highest BCUT2D eigenvalue weighted by Gasteiger charge is 2.50. The first-order chi connectivity index (χ1) is 16.1. The number of hydrogen-bond donors (Lipinski definition) is 1. The van der Waals surface area contributed by atoms with Gasteiger partial charge in [0, 0.05) is 18.8 Å². The van der Waals surface area contributed by atoms with Crippen LogP contribution in [-0.2, 0) is 0 Å². The normalized spacial score (nSPS) is 24.0. The fourth-order valence-electron chi connectivity index (χ4n) is 5.10. The van der Waals surface area contributed by atoms with Crippen LogP contribution in [0.1, 0.15) is 30.1 Å². The number of amides is 1. The quantitative estimate of drug-likeness (QED) is 0.485. The van der Waals surface area contributed by atoms with E-state index in [1.807, 2.05) is 17.0 Å². The van der Waals surface area contributed by atoms with Gasteiger partial charge in [0.25, 0.3) is 5.91 Å². The fraction of sp³-hybridized carbons (Fsp3) is 0.348. The number of halogens is 1. The number of thiazole rings is 1. The average Bonchev–Trinajstić information content (AvgIpc) is 3.46. The molecular formula is C23H22FN7OS. The summed E-state index contributed by atoms with van der Waals surface area (Å²) < 4.78 is 14.2. The molecule has 1 N–H and O–H groups in total. The molecule has 2 saturated heterocycles. The Morgan fingerprint density at radius 2 is 2.03 bits per heavy atom. The van der Waals surface area contributed by atoms with Gasteiger partial charge in [0.05, 0.1) is 29.7 Å². The summed E-state index contributed by atoms with van der Waals surface area (Å²) in [4.78, 5) is 27.0. The van der Waals surface area contributed by atoms with Crippen molar-refractivity contribution in [3.8, 4) is 5.69 Å². The van der Waals surface area contributed by atoms with E-state index >= 15 is 0 Å². The Balaban J connectivity index is 1.31. The standard InChI is InChI=1S/C23H22FN7OS/c1-13-14-9-16(10-14)30(20(13)12-26-23-29-18-3-2-6-25-21(18)33-23)22(32)17-11-15(24)4-5-19(17)31-27-7-8-28-31/h2-8,11,13-14,16,20H,9-10,12H2,1H3,(H,26,29)/t13-,14?,16?,20?/m1/s1. The molecule has 3 fully saturated rings. The van der Waals surface area contributed by atoms with Crippen molar-refractivity contribution < 1.29 is 9.18 Å². The molecule has 7 rings (SSSR count). The predicted octanol–water partition coefficient (Wildman–Crippen LogP) is 3.76. The van der Waals surface area contributed by atoms with Crippen LogP contribution in [0.4, 0.5) is 9.52 Å². The van der Waals surface area contributed by atoms with E-state index in [-0.39, 0.29) is 23.6 Å². The van der Waals surface area contributed by atoms with Crippen LogP contribution < -0.4 is 5.32 Å². The number of aromatic nitrogens is 5. The Morgan fingerprint density at radius 1 is 1.21 bits per heavy atom. The molecule has 10 heteroatoms. The molecule has 8 nitrogen and oxygen atoms in total. The molecule has 5 heterocycles. The Hall–Kier alpha value is -3.40. The number of fused-ring (bicyclic) bond motifs is 3. The Labute approximate surface area is 193 Å². The largest absolute Gasteiger partial charge is 0.359 e. The number of hydrogen-bond acceptors (Lipinski definition) is 7.